The molecule has 6 nitrogen and oxygen atoms in total. The van der Waals surface area contributed by atoms with Crippen molar-refractivity contribution >= 4 is 11.6 Å². The minimum absolute atomic E-state index is 0.0267. The summed E-state index contributed by atoms with van der Waals surface area (Å²) in [5.41, 5.74) is 2.36. The van der Waals surface area contributed by atoms with Gasteiger partial charge in [-0.05, 0) is 25.1 Å². The van der Waals surface area contributed by atoms with Crippen molar-refractivity contribution in [1.82, 2.24) is 9.97 Å². The molecule has 0 aliphatic carbocycles. The van der Waals surface area contributed by atoms with Crippen molar-refractivity contribution in [1.29, 1.82) is 5.26 Å². The number of aromatic amines is 1. The molecule has 0 saturated heterocycles. The number of benzene rings is 1. The first kappa shape index (κ1) is 11.3. The molecule has 1 aromatic carbocycles. The Morgan fingerprint density at radius 1 is 1.47 bits per heavy atom. The molecule has 1 aromatic heterocycles. The molecule has 2 aromatic rings. The first-order valence-corrected chi connectivity index (χ1v) is 5.71. The number of nitrogens with one attached hydrogen (secondary N) is 2. The highest BCUT2D eigenvalue weighted by molar-refractivity contribution is 5.96. The standard InChI is InChI=1S/C13H10N4O2/c1-7-15-10(5-14)13(16-7)8-2-3-11-9(4-8)17-12(18)6-19-11/h2-4H,6H2,1H3,(H,15,16)(H,17,18). The number of imidazole rings is 1. The maximum Gasteiger partial charge on any atom is 0.262 e. The van der Waals surface area contributed by atoms with Crippen molar-refractivity contribution in [2.45, 2.75) is 6.92 Å². The molecule has 0 unspecified atom stereocenters. The largest absolute Gasteiger partial charge is 0.482 e. The van der Waals surface area contributed by atoms with Gasteiger partial charge in [-0.2, -0.15) is 5.26 Å². The summed E-state index contributed by atoms with van der Waals surface area (Å²) in [7, 11) is 0. The van der Waals surface area contributed by atoms with Crippen LogP contribution in [-0.4, -0.2) is 22.5 Å². The lowest BCUT2D eigenvalue weighted by molar-refractivity contribution is -0.118. The second-order valence-electron chi connectivity index (χ2n) is 4.21. The molecule has 94 valence electrons. The minimum Gasteiger partial charge on any atom is -0.482 e. The van der Waals surface area contributed by atoms with Crippen LogP contribution in [0.25, 0.3) is 11.3 Å². The molecule has 3 rings (SSSR count). The number of aryl methyl sites for hydroxylation is 1. The highest BCUT2D eigenvalue weighted by atomic mass is 16.5. The van der Waals surface area contributed by atoms with E-state index in [2.05, 4.69) is 15.3 Å². The predicted molar refractivity (Wildman–Crippen MR) is 67.6 cm³/mol. The molecule has 0 radical (unpaired) electrons. The summed E-state index contributed by atoms with van der Waals surface area (Å²) in [5.74, 6) is 1.11. The van der Waals surface area contributed by atoms with Crippen LogP contribution in [0.3, 0.4) is 0 Å². The van der Waals surface area contributed by atoms with Gasteiger partial charge >= 0.3 is 0 Å². The number of hydrogen-bond donors (Lipinski definition) is 2. The third-order valence-corrected chi connectivity index (χ3v) is 2.83. The zero-order valence-corrected chi connectivity index (χ0v) is 10.2. The van der Waals surface area contributed by atoms with E-state index in [1.807, 2.05) is 12.1 Å². The summed E-state index contributed by atoms with van der Waals surface area (Å²) in [5, 5.41) is 11.8. The summed E-state index contributed by atoms with van der Waals surface area (Å²) in [6.45, 7) is 1.81. The molecule has 0 spiro atoms. The number of nitrogens with zero attached hydrogens (tertiary/aromatic N) is 2. The van der Waals surface area contributed by atoms with Gasteiger partial charge in [0.25, 0.3) is 5.91 Å². The fourth-order valence-corrected chi connectivity index (χ4v) is 2.02. The van der Waals surface area contributed by atoms with E-state index in [-0.39, 0.29) is 12.5 Å². The van der Waals surface area contributed by atoms with Crippen molar-refractivity contribution in [2.24, 2.45) is 0 Å². The number of rotatable bonds is 1. The molecule has 1 aliphatic heterocycles. The zero-order chi connectivity index (χ0) is 13.4. The quantitative estimate of drug-likeness (QED) is 0.808. The summed E-state index contributed by atoms with van der Waals surface area (Å²) in [6, 6.07) is 7.40. The second kappa shape index (κ2) is 4.14. The van der Waals surface area contributed by atoms with E-state index in [1.165, 1.54) is 0 Å². The van der Waals surface area contributed by atoms with Crippen molar-refractivity contribution in [3.05, 3.63) is 29.7 Å². The number of anilines is 1. The smallest absolute Gasteiger partial charge is 0.262 e. The Labute approximate surface area is 109 Å². The molecule has 0 atom stereocenters. The van der Waals surface area contributed by atoms with E-state index in [0.29, 0.717) is 28.6 Å². The molecule has 1 aliphatic rings. The van der Waals surface area contributed by atoms with E-state index in [1.54, 1.807) is 19.1 Å². The van der Waals surface area contributed by atoms with E-state index in [4.69, 9.17) is 10.00 Å². The van der Waals surface area contributed by atoms with Crippen molar-refractivity contribution in [3.63, 3.8) is 0 Å². The molecule has 6 heteroatoms. The average molecular weight is 254 g/mol. The van der Waals surface area contributed by atoms with Gasteiger partial charge in [-0.3, -0.25) is 4.79 Å². The maximum absolute atomic E-state index is 11.3. The lowest BCUT2D eigenvalue weighted by Crippen LogP contribution is -2.25. The first-order chi connectivity index (χ1) is 9.17. The van der Waals surface area contributed by atoms with Crippen LogP contribution in [0.4, 0.5) is 5.69 Å². The normalized spacial score (nSPS) is 13.2. The van der Waals surface area contributed by atoms with E-state index in [9.17, 15) is 4.79 Å². The molecule has 0 fully saturated rings. The molecule has 2 N–H and O–H groups in total. The van der Waals surface area contributed by atoms with Crippen LogP contribution in [0.1, 0.15) is 11.5 Å². The van der Waals surface area contributed by atoms with Gasteiger partial charge in [0.1, 0.15) is 17.6 Å². The van der Waals surface area contributed by atoms with E-state index >= 15 is 0 Å². The van der Waals surface area contributed by atoms with Crippen LogP contribution in [0, 0.1) is 18.3 Å². The Bertz CT molecular complexity index is 712. The van der Waals surface area contributed by atoms with Crippen LogP contribution in [0.5, 0.6) is 5.75 Å². The third kappa shape index (κ3) is 1.91. The maximum atomic E-state index is 11.3. The number of carbonyl (C=O) groups excluding carboxylic acids is 1. The third-order valence-electron chi connectivity index (χ3n) is 2.83. The molecule has 1 amide bonds. The Balaban J connectivity index is 2.09. The van der Waals surface area contributed by atoms with Gasteiger partial charge < -0.3 is 15.0 Å². The average Bonchev–Trinajstić information content (AvgIpc) is 2.79. The number of carbonyl (C=O) groups is 1. The Morgan fingerprint density at radius 2 is 2.32 bits per heavy atom. The number of nitriles is 1. The van der Waals surface area contributed by atoms with Gasteiger partial charge in [0.15, 0.2) is 12.3 Å². The highest BCUT2D eigenvalue weighted by Gasteiger charge is 2.18. The Morgan fingerprint density at radius 3 is 3.11 bits per heavy atom. The number of hydrogen-bond acceptors (Lipinski definition) is 4. The summed E-state index contributed by atoms with van der Waals surface area (Å²) >= 11 is 0. The molecule has 2 heterocycles. The number of fused-ring (bicyclic) bond motifs is 1. The van der Waals surface area contributed by atoms with Crippen LogP contribution in [0.15, 0.2) is 18.2 Å². The molecular formula is C13H10N4O2. The topological polar surface area (TPSA) is 90.8 Å². The number of amides is 1. The number of H-pyrrole nitrogens is 1. The lowest BCUT2D eigenvalue weighted by atomic mass is 10.1. The van der Waals surface area contributed by atoms with Gasteiger partial charge in [-0.25, -0.2) is 4.98 Å². The lowest BCUT2D eigenvalue weighted by Gasteiger charge is -2.18. The van der Waals surface area contributed by atoms with Crippen LogP contribution >= 0.6 is 0 Å². The predicted octanol–water partition coefficient (Wildman–Crippen LogP) is 1.59. The number of aromatic nitrogens is 2. The second-order valence-corrected chi connectivity index (χ2v) is 4.21. The van der Waals surface area contributed by atoms with Crippen molar-refractivity contribution < 1.29 is 9.53 Å². The van der Waals surface area contributed by atoms with Crippen LogP contribution in [-0.2, 0) is 4.79 Å². The van der Waals surface area contributed by atoms with E-state index < -0.39 is 0 Å². The molecule has 19 heavy (non-hydrogen) atoms. The monoisotopic (exact) mass is 254 g/mol. The van der Waals surface area contributed by atoms with Crippen LogP contribution in [0.2, 0.25) is 0 Å². The Kier molecular flexibility index (Phi) is 2.46. The van der Waals surface area contributed by atoms with Gasteiger partial charge in [-0.15, -0.1) is 0 Å². The van der Waals surface area contributed by atoms with Crippen molar-refractivity contribution in [2.75, 3.05) is 11.9 Å². The van der Waals surface area contributed by atoms with Gasteiger partial charge in [0.2, 0.25) is 0 Å². The Hall–Kier alpha value is -2.81. The zero-order valence-electron chi connectivity index (χ0n) is 10.2. The van der Waals surface area contributed by atoms with Gasteiger partial charge in [0.05, 0.1) is 11.4 Å². The highest BCUT2D eigenvalue weighted by Crippen LogP contribution is 2.32. The minimum atomic E-state index is -0.189. The van der Waals surface area contributed by atoms with Crippen LogP contribution < -0.4 is 10.1 Å². The molecule has 0 bridgehead atoms. The van der Waals surface area contributed by atoms with Gasteiger partial charge in [-0.1, -0.05) is 0 Å². The summed E-state index contributed by atoms with van der Waals surface area (Å²) in [6.07, 6.45) is 0. The summed E-state index contributed by atoms with van der Waals surface area (Å²) < 4.78 is 5.29. The molecule has 0 saturated carbocycles. The van der Waals surface area contributed by atoms with E-state index in [0.717, 1.165) is 5.56 Å². The van der Waals surface area contributed by atoms with Crippen molar-refractivity contribution in [3.8, 4) is 23.1 Å². The fraction of sp³-hybridized carbons (Fsp3) is 0.154. The summed E-state index contributed by atoms with van der Waals surface area (Å²) in [4.78, 5) is 18.4. The molecular weight excluding hydrogens is 244 g/mol. The SMILES string of the molecule is Cc1nc(C#N)c(-c2ccc3c(c2)NC(=O)CO3)[nH]1. The number of ether oxygens (including phenoxy) is 1. The fourth-order valence-electron chi connectivity index (χ4n) is 2.02. The first-order valence-electron chi connectivity index (χ1n) is 5.71. The van der Waals surface area contributed by atoms with Gasteiger partial charge in [0, 0.05) is 5.56 Å².